The maximum absolute atomic E-state index is 11.9. The van der Waals surface area contributed by atoms with Gasteiger partial charge in [-0.05, 0) is 24.1 Å². The average Bonchev–Trinajstić information content (AvgIpc) is 3.00. The number of hydrogen-bond acceptors (Lipinski definition) is 6. The van der Waals surface area contributed by atoms with E-state index in [0.29, 0.717) is 24.7 Å². The Bertz CT molecular complexity index is 831. The lowest BCUT2D eigenvalue weighted by molar-refractivity contribution is -0.118. The predicted molar refractivity (Wildman–Crippen MR) is 95.5 cm³/mol. The minimum atomic E-state index is -3.68. The summed E-state index contributed by atoms with van der Waals surface area (Å²) >= 11 is 1.30. The first-order valence-electron chi connectivity index (χ1n) is 7.40. The molecule has 0 fully saturated rings. The van der Waals surface area contributed by atoms with Crippen LogP contribution in [0.2, 0.25) is 0 Å². The average molecular weight is 381 g/mol. The first kappa shape index (κ1) is 19.2. The van der Waals surface area contributed by atoms with E-state index in [1.54, 1.807) is 29.1 Å². The normalized spacial score (nSPS) is 11.2. The number of amides is 1. The van der Waals surface area contributed by atoms with Gasteiger partial charge in [-0.15, -0.1) is 16.8 Å². The van der Waals surface area contributed by atoms with Crippen LogP contribution in [0.15, 0.2) is 53.3 Å². The van der Waals surface area contributed by atoms with E-state index in [0.717, 1.165) is 5.56 Å². The van der Waals surface area contributed by atoms with Crippen molar-refractivity contribution in [2.24, 2.45) is 5.14 Å². The number of hydrogen-bond donors (Lipinski definition) is 2. The fourth-order valence-corrected chi connectivity index (χ4v) is 3.26. The smallest absolute Gasteiger partial charge is 0.238 e. The molecule has 0 aliphatic heterocycles. The zero-order chi connectivity index (χ0) is 18.3. The molecule has 2 aromatic rings. The molecule has 25 heavy (non-hydrogen) atoms. The van der Waals surface area contributed by atoms with Gasteiger partial charge in [-0.3, -0.25) is 4.79 Å². The highest BCUT2D eigenvalue weighted by Gasteiger charge is 2.09. The molecule has 0 unspecified atom stereocenters. The number of primary sulfonamides is 1. The number of carbonyl (C=O) groups is 1. The number of thioether (sulfide) groups is 1. The molecule has 0 saturated carbocycles. The molecule has 1 heterocycles. The molecule has 0 spiro atoms. The number of aromatic nitrogens is 3. The predicted octanol–water partition coefficient (Wildman–Crippen LogP) is 0.563. The number of carbonyl (C=O) groups excluding carboxylic acids is 1. The van der Waals surface area contributed by atoms with Crippen molar-refractivity contribution in [1.29, 1.82) is 0 Å². The minimum Gasteiger partial charge on any atom is -0.355 e. The Morgan fingerprint density at radius 1 is 1.36 bits per heavy atom. The monoisotopic (exact) mass is 381 g/mol. The first-order valence-corrected chi connectivity index (χ1v) is 9.93. The first-order chi connectivity index (χ1) is 11.9. The van der Waals surface area contributed by atoms with Gasteiger partial charge in [-0.25, -0.2) is 13.6 Å². The van der Waals surface area contributed by atoms with Crippen molar-refractivity contribution >= 4 is 27.7 Å². The topological polar surface area (TPSA) is 120 Å². The highest BCUT2D eigenvalue weighted by molar-refractivity contribution is 7.99. The SMILES string of the molecule is C=CCn1cnnc1SCC(=O)NCCc1ccc(S(N)(=O)=O)cc1. The molecule has 134 valence electrons. The number of sulfonamides is 1. The summed E-state index contributed by atoms with van der Waals surface area (Å²) in [5, 5.41) is 16.3. The van der Waals surface area contributed by atoms with Gasteiger partial charge in [0.1, 0.15) is 6.33 Å². The number of nitrogens with one attached hydrogen (secondary N) is 1. The Kier molecular flexibility index (Phi) is 6.73. The second kappa shape index (κ2) is 8.79. The van der Waals surface area contributed by atoms with Crippen LogP contribution >= 0.6 is 11.8 Å². The van der Waals surface area contributed by atoms with Crippen LogP contribution in [0, 0.1) is 0 Å². The molecule has 1 aromatic carbocycles. The van der Waals surface area contributed by atoms with Crippen molar-refractivity contribution in [3.63, 3.8) is 0 Å². The summed E-state index contributed by atoms with van der Waals surface area (Å²) in [5.74, 6) is 0.125. The van der Waals surface area contributed by atoms with E-state index in [9.17, 15) is 13.2 Å². The van der Waals surface area contributed by atoms with Crippen LogP contribution in [0.1, 0.15) is 5.56 Å². The van der Waals surface area contributed by atoms with Crippen molar-refractivity contribution in [1.82, 2.24) is 20.1 Å². The maximum Gasteiger partial charge on any atom is 0.238 e. The Morgan fingerprint density at radius 3 is 2.72 bits per heavy atom. The van der Waals surface area contributed by atoms with Crippen molar-refractivity contribution in [2.75, 3.05) is 12.3 Å². The Morgan fingerprint density at radius 2 is 2.08 bits per heavy atom. The number of benzene rings is 1. The van der Waals surface area contributed by atoms with Gasteiger partial charge in [0.15, 0.2) is 5.16 Å². The Labute approximate surface area is 150 Å². The molecule has 0 radical (unpaired) electrons. The number of nitrogens with two attached hydrogens (primary N) is 1. The minimum absolute atomic E-state index is 0.0697. The summed E-state index contributed by atoms with van der Waals surface area (Å²) in [6, 6.07) is 6.26. The molecule has 0 atom stereocenters. The van der Waals surface area contributed by atoms with Gasteiger partial charge in [0.05, 0.1) is 10.6 Å². The van der Waals surface area contributed by atoms with Crippen LogP contribution in [0.4, 0.5) is 0 Å². The molecule has 10 heteroatoms. The largest absolute Gasteiger partial charge is 0.355 e. The summed E-state index contributed by atoms with van der Waals surface area (Å²) in [5.41, 5.74) is 0.908. The second-order valence-electron chi connectivity index (χ2n) is 5.13. The molecule has 3 N–H and O–H groups in total. The van der Waals surface area contributed by atoms with Crippen molar-refractivity contribution in [3.05, 3.63) is 48.8 Å². The maximum atomic E-state index is 11.9. The third-order valence-corrected chi connectivity index (χ3v) is 5.14. The fraction of sp³-hybridized carbons (Fsp3) is 0.267. The van der Waals surface area contributed by atoms with Gasteiger partial charge in [0, 0.05) is 13.1 Å². The molecule has 0 saturated heterocycles. The van der Waals surface area contributed by atoms with Gasteiger partial charge in [-0.1, -0.05) is 30.0 Å². The summed E-state index contributed by atoms with van der Waals surface area (Å²) in [6.07, 6.45) is 3.91. The van der Waals surface area contributed by atoms with E-state index < -0.39 is 10.0 Å². The van der Waals surface area contributed by atoms with Crippen LogP contribution in [0.5, 0.6) is 0 Å². The van der Waals surface area contributed by atoms with E-state index in [2.05, 4.69) is 22.1 Å². The molecule has 0 aliphatic rings. The second-order valence-corrected chi connectivity index (χ2v) is 7.64. The molecule has 0 bridgehead atoms. The molecular formula is C15H19N5O3S2. The summed E-state index contributed by atoms with van der Waals surface area (Å²) < 4.78 is 24.2. The molecule has 8 nitrogen and oxygen atoms in total. The third kappa shape index (κ3) is 6.00. The van der Waals surface area contributed by atoms with Crippen molar-refractivity contribution < 1.29 is 13.2 Å². The molecule has 1 aromatic heterocycles. The quantitative estimate of drug-likeness (QED) is 0.484. The molecule has 1 amide bonds. The van der Waals surface area contributed by atoms with E-state index in [1.165, 1.54) is 23.9 Å². The van der Waals surface area contributed by atoms with E-state index in [1.807, 2.05) is 0 Å². The molecular weight excluding hydrogens is 362 g/mol. The van der Waals surface area contributed by atoms with E-state index >= 15 is 0 Å². The van der Waals surface area contributed by atoms with E-state index in [4.69, 9.17) is 5.14 Å². The zero-order valence-corrected chi connectivity index (χ0v) is 15.1. The summed E-state index contributed by atoms with van der Waals surface area (Å²) in [6.45, 7) is 4.70. The number of allylic oxidation sites excluding steroid dienone is 1. The van der Waals surface area contributed by atoms with Crippen LogP contribution in [0.25, 0.3) is 0 Å². The van der Waals surface area contributed by atoms with E-state index in [-0.39, 0.29) is 16.6 Å². The lowest BCUT2D eigenvalue weighted by atomic mass is 10.1. The van der Waals surface area contributed by atoms with Crippen molar-refractivity contribution in [3.8, 4) is 0 Å². The van der Waals surface area contributed by atoms with Gasteiger partial charge in [0.25, 0.3) is 0 Å². The molecule has 2 rings (SSSR count). The Hall–Kier alpha value is -2.17. The fourth-order valence-electron chi connectivity index (χ4n) is 1.99. The third-order valence-electron chi connectivity index (χ3n) is 3.23. The lowest BCUT2D eigenvalue weighted by Gasteiger charge is -2.06. The van der Waals surface area contributed by atoms with Crippen LogP contribution in [0.3, 0.4) is 0 Å². The van der Waals surface area contributed by atoms with Gasteiger partial charge in [-0.2, -0.15) is 0 Å². The highest BCUT2D eigenvalue weighted by atomic mass is 32.2. The van der Waals surface area contributed by atoms with Crippen molar-refractivity contribution in [2.45, 2.75) is 23.0 Å². The van der Waals surface area contributed by atoms with Gasteiger partial charge < -0.3 is 9.88 Å². The summed E-state index contributed by atoms with van der Waals surface area (Å²) in [4.78, 5) is 11.9. The van der Waals surface area contributed by atoms with Gasteiger partial charge in [0.2, 0.25) is 15.9 Å². The van der Waals surface area contributed by atoms with Crippen LogP contribution in [-0.4, -0.2) is 41.4 Å². The lowest BCUT2D eigenvalue weighted by Crippen LogP contribution is -2.27. The van der Waals surface area contributed by atoms with Crippen LogP contribution in [-0.2, 0) is 27.8 Å². The standard InChI is InChI=1S/C15H19N5O3S2/c1-2-9-20-11-18-19-15(20)24-10-14(21)17-8-7-12-3-5-13(6-4-12)25(16,22)23/h2-6,11H,1,7-10H2,(H,17,21)(H2,16,22,23). The molecule has 0 aliphatic carbocycles. The van der Waals surface area contributed by atoms with Gasteiger partial charge >= 0.3 is 0 Å². The Balaban J connectivity index is 1.75. The summed E-state index contributed by atoms with van der Waals surface area (Å²) in [7, 11) is -3.68. The number of rotatable bonds is 9. The number of nitrogens with zero attached hydrogens (tertiary/aromatic N) is 3. The van der Waals surface area contributed by atoms with Crippen LogP contribution < -0.4 is 10.5 Å². The highest BCUT2D eigenvalue weighted by Crippen LogP contribution is 2.14. The zero-order valence-electron chi connectivity index (χ0n) is 13.5.